The number of aromatic hydroxyl groups is 3. The van der Waals surface area contributed by atoms with Gasteiger partial charge in [0, 0.05) is 12.6 Å². The zero-order valence-corrected chi connectivity index (χ0v) is 15.3. The van der Waals surface area contributed by atoms with Crippen LogP contribution in [0.3, 0.4) is 0 Å². The molecule has 5 N–H and O–H groups in total. The first kappa shape index (κ1) is 19.9. The molecule has 0 fully saturated rings. The van der Waals surface area contributed by atoms with Crippen LogP contribution < -0.4 is 11.3 Å². The maximum atomic E-state index is 12.1. The molecule has 0 saturated carbocycles. The number of azo groups is 1. The highest BCUT2D eigenvalue weighted by atomic mass is 16.3. The Hall–Kier alpha value is -4.87. The number of nitrogens with zero attached hydrogens (tertiary/aromatic N) is 9. The van der Waals surface area contributed by atoms with Crippen molar-refractivity contribution in [1.82, 2.24) is 29.3 Å². The quantitative estimate of drug-likeness (QED) is 0.403. The standard InChI is InChI=1S/C15H12N10O5/c1-5-7(9(17)26)11(27)24(2)12(28)8(5)22-23-10-6(3-16)4-18-25(10)13-19-14(29)21-15(30)20-13/h4,28H,1-2H3,(H2,17,26)(H2,19,20,21,29,30)/b23-22+. The summed E-state index contributed by atoms with van der Waals surface area (Å²) in [5, 5.41) is 49.9. The zero-order valence-electron chi connectivity index (χ0n) is 15.3. The maximum Gasteiger partial charge on any atom is 0.321 e. The molecule has 0 radical (unpaired) electrons. The predicted molar refractivity (Wildman–Crippen MR) is 95.8 cm³/mol. The molecule has 0 aliphatic carbocycles. The van der Waals surface area contributed by atoms with Crippen molar-refractivity contribution in [1.29, 1.82) is 5.26 Å². The highest BCUT2D eigenvalue weighted by Gasteiger charge is 2.22. The number of aromatic nitrogens is 6. The van der Waals surface area contributed by atoms with Gasteiger partial charge in [-0.25, -0.2) is 0 Å². The number of hydrogen-bond acceptors (Lipinski definition) is 12. The van der Waals surface area contributed by atoms with Crippen molar-refractivity contribution in [2.45, 2.75) is 6.92 Å². The second-order valence-electron chi connectivity index (χ2n) is 5.74. The summed E-state index contributed by atoms with van der Waals surface area (Å²) in [7, 11) is 1.20. The van der Waals surface area contributed by atoms with Crippen molar-refractivity contribution < 1.29 is 20.1 Å². The Labute approximate surface area is 166 Å². The minimum Gasteiger partial charge on any atom is -0.493 e. The number of primary amides is 1. The fourth-order valence-corrected chi connectivity index (χ4v) is 2.48. The lowest BCUT2D eigenvalue weighted by Crippen LogP contribution is -2.29. The Morgan fingerprint density at radius 1 is 1.20 bits per heavy atom. The van der Waals surface area contributed by atoms with Crippen LogP contribution in [0.5, 0.6) is 17.9 Å². The number of carbonyl (C=O) groups excluding carboxylic acids is 1. The summed E-state index contributed by atoms with van der Waals surface area (Å²) in [4.78, 5) is 34.1. The second kappa shape index (κ2) is 7.27. The van der Waals surface area contributed by atoms with Crippen LogP contribution in [-0.4, -0.2) is 50.5 Å². The third-order valence-corrected chi connectivity index (χ3v) is 3.92. The van der Waals surface area contributed by atoms with Gasteiger partial charge in [-0.15, -0.1) is 15.2 Å². The molecule has 152 valence electrons. The fraction of sp³-hybridized carbons (Fsp3) is 0.133. The number of rotatable bonds is 4. The van der Waals surface area contributed by atoms with E-state index >= 15 is 0 Å². The Kier molecular flexibility index (Phi) is 4.82. The Balaban J connectivity index is 2.21. The van der Waals surface area contributed by atoms with Crippen molar-refractivity contribution >= 4 is 17.4 Å². The lowest BCUT2D eigenvalue weighted by atomic mass is 10.1. The van der Waals surface area contributed by atoms with Crippen LogP contribution in [0.4, 0.5) is 11.5 Å². The number of nitrogens with two attached hydrogens (primary N) is 1. The van der Waals surface area contributed by atoms with Gasteiger partial charge in [-0.3, -0.25) is 14.2 Å². The van der Waals surface area contributed by atoms with Crippen molar-refractivity contribution in [3.8, 4) is 29.9 Å². The summed E-state index contributed by atoms with van der Waals surface area (Å²) >= 11 is 0. The summed E-state index contributed by atoms with van der Waals surface area (Å²) in [5.41, 5.74) is 3.62. The molecule has 0 saturated heterocycles. The molecule has 3 heterocycles. The number of carbonyl (C=O) groups is 1. The molecule has 1 amide bonds. The van der Waals surface area contributed by atoms with E-state index in [1.165, 1.54) is 14.0 Å². The second-order valence-corrected chi connectivity index (χ2v) is 5.74. The fourth-order valence-electron chi connectivity index (χ4n) is 2.48. The maximum absolute atomic E-state index is 12.1. The minimum absolute atomic E-state index is 0.0353. The first-order valence-corrected chi connectivity index (χ1v) is 7.92. The minimum atomic E-state index is -1.02. The Morgan fingerprint density at radius 2 is 1.83 bits per heavy atom. The SMILES string of the molecule is Cc1c(/N=N/c2c(C#N)cnn2-c2nc(O)nc(O)n2)c(O)n(C)c(=O)c1C(N)=O. The van der Waals surface area contributed by atoms with E-state index in [0.29, 0.717) is 0 Å². The van der Waals surface area contributed by atoms with E-state index in [1.54, 1.807) is 6.07 Å². The predicted octanol–water partition coefficient (Wildman–Crippen LogP) is -0.433. The van der Waals surface area contributed by atoms with Crippen LogP contribution in [0.2, 0.25) is 0 Å². The van der Waals surface area contributed by atoms with Crippen molar-refractivity contribution in [3.63, 3.8) is 0 Å². The first-order valence-electron chi connectivity index (χ1n) is 7.92. The molecule has 0 spiro atoms. The molecule has 3 aromatic rings. The van der Waals surface area contributed by atoms with Gasteiger partial charge in [0.05, 0.1) is 6.20 Å². The smallest absolute Gasteiger partial charge is 0.321 e. The van der Waals surface area contributed by atoms with Gasteiger partial charge < -0.3 is 21.1 Å². The molecule has 30 heavy (non-hydrogen) atoms. The molecule has 0 unspecified atom stereocenters. The van der Waals surface area contributed by atoms with E-state index in [0.717, 1.165) is 15.4 Å². The average molecular weight is 412 g/mol. The first-order chi connectivity index (χ1) is 14.1. The molecule has 3 aromatic heterocycles. The van der Waals surface area contributed by atoms with Gasteiger partial charge in [0.2, 0.25) is 5.88 Å². The molecule has 0 atom stereocenters. The van der Waals surface area contributed by atoms with Crippen molar-refractivity contribution in [3.05, 3.63) is 33.2 Å². The summed E-state index contributed by atoms with van der Waals surface area (Å²) < 4.78 is 1.62. The zero-order chi connectivity index (χ0) is 22.2. The summed E-state index contributed by atoms with van der Waals surface area (Å²) in [6.45, 7) is 1.33. The molecule has 0 aromatic carbocycles. The normalized spacial score (nSPS) is 11.0. The Morgan fingerprint density at radius 3 is 2.40 bits per heavy atom. The van der Waals surface area contributed by atoms with Gasteiger partial charge in [0.1, 0.15) is 22.9 Å². The third-order valence-electron chi connectivity index (χ3n) is 3.92. The number of nitriles is 1. The third kappa shape index (κ3) is 3.24. The monoisotopic (exact) mass is 412 g/mol. The average Bonchev–Trinajstić information content (AvgIpc) is 3.08. The van der Waals surface area contributed by atoms with Crippen molar-refractivity contribution in [2.24, 2.45) is 23.0 Å². The van der Waals surface area contributed by atoms with E-state index < -0.39 is 34.9 Å². The number of hydrogen-bond donors (Lipinski definition) is 4. The molecular weight excluding hydrogens is 400 g/mol. The lowest BCUT2D eigenvalue weighted by Gasteiger charge is -2.10. The summed E-state index contributed by atoms with van der Waals surface area (Å²) in [6.07, 6.45) is 1.09. The van der Waals surface area contributed by atoms with Crippen LogP contribution in [-0.2, 0) is 7.05 Å². The molecule has 0 bridgehead atoms. The van der Waals surface area contributed by atoms with Gasteiger partial charge in [-0.1, -0.05) is 0 Å². The number of pyridine rings is 1. The molecule has 0 aliphatic heterocycles. The van der Waals surface area contributed by atoms with E-state index in [1.807, 2.05) is 0 Å². The van der Waals surface area contributed by atoms with Crippen LogP contribution in [0.15, 0.2) is 21.2 Å². The van der Waals surface area contributed by atoms with E-state index in [-0.39, 0.29) is 28.6 Å². The molecule has 0 aliphatic rings. The number of amides is 1. The van der Waals surface area contributed by atoms with Crippen LogP contribution in [0.25, 0.3) is 5.95 Å². The Bertz CT molecular complexity index is 1300. The molecular formula is C15H12N10O5. The van der Waals surface area contributed by atoms with Gasteiger partial charge in [0.25, 0.3) is 17.4 Å². The van der Waals surface area contributed by atoms with E-state index in [2.05, 4.69) is 30.3 Å². The summed E-state index contributed by atoms with van der Waals surface area (Å²) in [5.74, 6) is -2.25. The molecule has 3 rings (SSSR count). The van der Waals surface area contributed by atoms with Gasteiger partial charge in [-0.2, -0.15) is 25.0 Å². The van der Waals surface area contributed by atoms with Gasteiger partial charge in [-0.05, 0) is 6.92 Å². The van der Waals surface area contributed by atoms with Crippen molar-refractivity contribution in [2.75, 3.05) is 0 Å². The van der Waals surface area contributed by atoms with Crippen LogP contribution in [0.1, 0.15) is 21.5 Å². The van der Waals surface area contributed by atoms with Gasteiger partial charge >= 0.3 is 12.0 Å². The highest BCUT2D eigenvalue weighted by Crippen LogP contribution is 2.32. The topological polar surface area (TPSA) is 231 Å². The van der Waals surface area contributed by atoms with Gasteiger partial charge in [0.15, 0.2) is 5.82 Å². The van der Waals surface area contributed by atoms with E-state index in [4.69, 9.17) is 5.73 Å². The van der Waals surface area contributed by atoms with Crippen LogP contribution >= 0.6 is 0 Å². The molecule has 15 heteroatoms. The largest absolute Gasteiger partial charge is 0.493 e. The van der Waals surface area contributed by atoms with Crippen LogP contribution in [0, 0.1) is 18.3 Å². The van der Waals surface area contributed by atoms with E-state index in [9.17, 15) is 30.2 Å². The summed E-state index contributed by atoms with van der Waals surface area (Å²) in [6, 6.07) is 0.180. The lowest BCUT2D eigenvalue weighted by molar-refractivity contribution is 0.0997. The highest BCUT2D eigenvalue weighted by molar-refractivity contribution is 5.95. The molecule has 15 nitrogen and oxygen atoms in total.